The van der Waals surface area contributed by atoms with Crippen LogP contribution in [0.4, 0.5) is 0 Å². The van der Waals surface area contributed by atoms with E-state index in [0.29, 0.717) is 0 Å². The number of hydrogen-bond donors (Lipinski definition) is 0. The zero-order chi connectivity index (χ0) is 40.3. The second kappa shape index (κ2) is 29.1. The molecule has 0 spiro atoms. The summed E-state index contributed by atoms with van der Waals surface area (Å²) in [7, 11) is -2.67. The van der Waals surface area contributed by atoms with Crippen molar-refractivity contribution in [2.24, 2.45) is 0 Å². The fraction of sp³-hybridized carbons (Fsp3) is 0.143. The van der Waals surface area contributed by atoms with Crippen molar-refractivity contribution in [3.05, 3.63) is 212 Å². The van der Waals surface area contributed by atoms with Gasteiger partial charge >= 0.3 is 0 Å². The molecule has 4 nitrogen and oxygen atoms in total. The van der Waals surface area contributed by atoms with Crippen molar-refractivity contribution in [2.45, 2.75) is 12.8 Å². The maximum absolute atomic E-state index is 6.00. The van der Waals surface area contributed by atoms with Gasteiger partial charge in [-0.1, -0.05) is 127 Å². The van der Waals surface area contributed by atoms with E-state index in [1.807, 2.05) is 0 Å². The van der Waals surface area contributed by atoms with Gasteiger partial charge in [0.05, 0.1) is 92.2 Å². The van der Waals surface area contributed by atoms with Crippen molar-refractivity contribution in [1.29, 1.82) is 21.6 Å². The SMILES string of the molecule is C[PH+](c1ccccc1)c1ccccc1.N#N.N#N.[Mo].c1ccc([PH+](CCC[PH+](c2ccccc2)c2ccccc2)CCC[PH+](c2ccccc2)c2ccccc2)cc1. The molecular formula is C49H54MoN4P4+4. The summed E-state index contributed by atoms with van der Waals surface area (Å²) in [6.07, 6.45) is 7.97. The second-order valence-corrected chi connectivity index (χ2v) is 23.9. The minimum Gasteiger partial charge on any atom is -0.0620 e. The van der Waals surface area contributed by atoms with Gasteiger partial charge in [-0.05, 0) is 84.9 Å². The Kier molecular flexibility index (Phi) is 24.1. The van der Waals surface area contributed by atoms with Gasteiger partial charge in [-0.2, -0.15) is 0 Å². The summed E-state index contributed by atoms with van der Waals surface area (Å²) in [5.41, 5.74) is 0. The number of benzene rings is 7. The van der Waals surface area contributed by atoms with Crippen molar-refractivity contribution < 1.29 is 21.1 Å². The van der Waals surface area contributed by atoms with Crippen LogP contribution in [0.15, 0.2) is 212 Å². The summed E-state index contributed by atoms with van der Waals surface area (Å²) < 4.78 is 0. The first-order chi connectivity index (χ1) is 28.3. The van der Waals surface area contributed by atoms with Crippen molar-refractivity contribution in [1.82, 2.24) is 0 Å². The van der Waals surface area contributed by atoms with Crippen molar-refractivity contribution in [3.8, 4) is 0 Å². The molecule has 0 fully saturated rings. The van der Waals surface area contributed by atoms with E-state index in [0.717, 1.165) is 0 Å². The van der Waals surface area contributed by atoms with E-state index in [1.165, 1.54) is 48.1 Å². The fourth-order valence-electron chi connectivity index (χ4n) is 7.06. The molecule has 0 amide bonds. The maximum Gasteiger partial charge on any atom is 0.0966 e. The Hall–Kier alpha value is -4.21. The smallest absolute Gasteiger partial charge is 0.0620 e. The molecule has 0 aliphatic heterocycles. The first-order valence-corrected chi connectivity index (χ1v) is 26.8. The largest absolute Gasteiger partial charge is 0.0966 e. The average Bonchev–Trinajstić information content (AvgIpc) is 3.32. The third kappa shape index (κ3) is 15.9. The average molecular weight is 919 g/mol. The molecule has 0 atom stereocenters. The molecule has 292 valence electrons. The van der Waals surface area contributed by atoms with Gasteiger partial charge < -0.3 is 0 Å². The molecule has 0 N–H and O–H groups in total. The Morgan fingerprint density at radius 2 is 0.500 bits per heavy atom. The Morgan fingerprint density at radius 1 is 0.293 bits per heavy atom. The molecule has 0 aromatic heterocycles. The van der Waals surface area contributed by atoms with Gasteiger partial charge in [0.25, 0.3) is 0 Å². The van der Waals surface area contributed by atoms with Crippen molar-refractivity contribution >= 4 is 68.8 Å². The van der Waals surface area contributed by atoms with Crippen LogP contribution in [0.5, 0.6) is 0 Å². The molecule has 9 heteroatoms. The maximum atomic E-state index is 6.00. The monoisotopic (exact) mass is 920 g/mol. The van der Waals surface area contributed by atoms with E-state index in [2.05, 4.69) is 219 Å². The Labute approximate surface area is 365 Å². The third-order valence-corrected chi connectivity index (χ3v) is 21.2. The topological polar surface area (TPSA) is 95.2 Å². The van der Waals surface area contributed by atoms with E-state index in [-0.39, 0.29) is 21.1 Å². The van der Waals surface area contributed by atoms with Crippen LogP contribution in [0.25, 0.3) is 0 Å². The van der Waals surface area contributed by atoms with Gasteiger partial charge in [-0.15, -0.1) is 0 Å². The summed E-state index contributed by atoms with van der Waals surface area (Å²) in [6, 6.07) is 78.0. The molecule has 0 bridgehead atoms. The first-order valence-electron chi connectivity index (χ1n) is 19.4. The molecule has 58 heavy (non-hydrogen) atoms. The number of rotatable bonds is 15. The molecule has 0 aliphatic carbocycles. The van der Waals surface area contributed by atoms with E-state index in [4.69, 9.17) is 21.6 Å². The van der Waals surface area contributed by atoms with Crippen LogP contribution in [0.3, 0.4) is 0 Å². The van der Waals surface area contributed by atoms with Gasteiger partial charge in [0.15, 0.2) is 0 Å². The van der Waals surface area contributed by atoms with Gasteiger partial charge in [-0.25, -0.2) is 0 Å². The van der Waals surface area contributed by atoms with Crippen LogP contribution in [-0.2, 0) is 21.1 Å². The Morgan fingerprint density at radius 3 is 0.741 bits per heavy atom. The molecule has 0 heterocycles. The summed E-state index contributed by atoms with van der Waals surface area (Å²) in [5.74, 6) is 0. The van der Waals surface area contributed by atoms with Gasteiger partial charge in [0.2, 0.25) is 0 Å². The minimum absolute atomic E-state index is 0. The van der Waals surface area contributed by atoms with Crippen LogP contribution in [0, 0.1) is 21.6 Å². The molecule has 7 rings (SSSR count). The van der Waals surface area contributed by atoms with Gasteiger partial charge in [-0.3, -0.25) is 0 Å². The standard InChI is InChI=1S/C36H37P3.C13H13P.Mo.2N2/c1-6-18-32(19-7-1)37(28-16-30-38(33-20-8-2-9-21-33)34-22-10-3-11-23-34)29-17-31-39(35-24-12-4-13-25-35)36-26-14-5-15-27-36;1-14(12-8-4-2-5-9-12)13-10-6-3-7-11-13;;2*1-2/h1-15,18-27H,16-17,28-31H2;2-11H,1H3;;;/p+4. The molecule has 0 saturated heterocycles. The fourth-order valence-corrected chi connectivity index (χ4v) is 17.4. The van der Waals surface area contributed by atoms with Crippen LogP contribution in [-0.4, -0.2) is 31.3 Å². The summed E-state index contributed by atoms with van der Waals surface area (Å²) in [4.78, 5) is 0. The molecule has 0 saturated carbocycles. The van der Waals surface area contributed by atoms with Crippen molar-refractivity contribution in [2.75, 3.05) is 31.3 Å². The summed E-state index contributed by atoms with van der Waals surface area (Å²) >= 11 is 0. The zero-order valence-corrected chi connectivity index (χ0v) is 39.2. The van der Waals surface area contributed by atoms with Crippen LogP contribution in [0.2, 0.25) is 0 Å². The summed E-state index contributed by atoms with van der Waals surface area (Å²) in [6.45, 7) is 2.34. The molecule has 7 aromatic rings. The van der Waals surface area contributed by atoms with E-state index < -0.39 is 31.7 Å². The zero-order valence-electron chi connectivity index (χ0n) is 33.1. The second-order valence-electron chi connectivity index (χ2n) is 13.5. The van der Waals surface area contributed by atoms with Crippen LogP contribution < -0.4 is 37.1 Å². The first kappa shape index (κ1) is 48.2. The molecule has 0 aliphatic rings. The van der Waals surface area contributed by atoms with Gasteiger partial charge in [0, 0.05) is 63.4 Å². The number of hydrogen-bond acceptors (Lipinski definition) is 4. The van der Waals surface area contributed by atoms with Crippen molar-refractivity contribution in [3.63, 3.8) is 0 Å². The van der Waals surface area contributed by atoms with E-state index in [9.17, 15) is 0 Å². The molecule has 7 aromatic carbocycles. The Balaban J connectivity index is 0.000000396. The quantitative estimate of drug-likeness (QED) is 0.0582. The molecular weight excluding hydrogens is 864 g/mol. The van der Waals surface area contributed by atoms with E-state index >= 15 is 0 Å². The predicted octanol–water partition coefficient (Wildman–Crippen LogP) is 9.58. The van der Waals surface area contributed by atoms with Crippen LogP contribution >= 0.6 is 31.7 Å². The summed E-state index contributed by atoms with van der Waals surface area (Å²) in [5, 5.41) is 34.7. The molecule has 0 unspecified atom stereocenters. The minimum atomic E-state index is -0.760. The predicted molar refractivity (Wildman–Crippen MR) is 257 cm³/mol. The van der Waals surface area contributed by atoms with Gasteiger partial charge in [0.1, 0.15) is 0 Å². The Bertz CT molecular complexity index is 1890. The van der Waals surface area contributed by atoms with E-state index in [1.54, 1.807) is 26.5 Å². The number of nitrogens with zero attached hydrogens (tertiary/aromatic N) is 4. The third-order valence-electron chi connectivity index (χ3n) is 9.90. The molecule has 0 radical (unpaired) electrons. The van der Waals surface area contributed by atoms with Crippen LogP contribution in [0.1, 0.15) is 12.8 Å². The normalized spacial score (nSPS) is 10.2.